The Bertz CT molecular complexity index is 176. The molecule has 3 nitrogen and oxygen atoms in total. The molecule has 1 aliphatic rings. The molecule has 1 aliphatic heterocycles. The van der Waals surface area contributed by atoms with E-state index in [1.54, 1.807) is 0 Å². The molecule has 1 amide bonds. The van der Waals surface area contributed by atoms with Gasteiger partial charge in [-0.05, 0) is 19.4 Å². The van der Waals surface area contributed by atoms with Gasteiger partial charge in [-0.3, -0.25) is 4.79 Å². The SMILES string of the molecule is CC(C)C(=O)N(C)CCC1CCN1. The average molecular weight is 184 g/mol. The van der Waals surface area contributed by atoms with E-state index in [-0.39, 0.29) is 11.8 Å². The Morgan fingerprint density at radius 2 is 2.23 bits per heavy atom. The van der Waals surface area contributed by atoms with E-state index in [0.717, 1.165) is 19.5 Å². The fraction of sp³-hybridized carbons (Fsp3) is 0.900. The van der Waals surface area contributed by atoms with Crippen LogP contribution >= 0.6 is 0 Å². The first kappa shape index (κ1) is 10.5. The van der Waals surface area contributed by atoms with Crippen molar-refractivity contribution in [1.82, 2.24) is 10.2 Å². The molecule has 1 atom stereocenters. The Kier molecular flexibility index (Phi) is 3.72. The highest BCUT2D eigenvalue weighted by atomic mass is 16.2. The minimum absolute atomic E-state index is 0.124. The molecule has 3 heteroatoms. The van der Waals surface area contributed by atoms with Gasteiger partial charge in [-0.1, -0.05) is 13.8 Å². The van der Waals surface area contributed by atoms with Crippen molar-refractivity contribution in [3.05, 3.63) is 0 Å². The molecule has 0 aromatic carbocycles. The van der Waals surface area contributed by atoms with E-state index in [4.69, 9.17) is 0 Å². The van der Waals surface area contributed by atoms with Crippen molar-refractivity contribution in [1.29, 1.82) is 0 Å². The zero-order chi connectivity index (χ0) is 9.84. The predicted molar refractivity (Wildman–Crippen MR) is 53.5 cm³/mol. The first-order valence-electron chi connectivity index (χ1n) is 5.09. The third kappa shape index (κ3) is 2.99. The van der Waals surface area contributed by atoms with E-state index >= 15 is 0 Å². The summed E-state index contributed by atoms with van der Waals surface area (Å²) in [6.07, 6.45) is 2.36. The topological polar surface area (TPSA) is 32.3 Å². The number of hydrogen-bond donors (Lipinski definition) is 1. The van der Waals surface area contributed by atoms with E-state index in [9.17, 15) is 4.79 Å². The lowest BCUT2D eigenvalue weighted by molar-refractivity contribution is -0.133. The molecule has 0 radical (unpaired) electrons. The second-order valence-corrected chi connectivity index (χ2v) is 4.14. The summed E-state index contributed by atoms with van der Waals surface area (Å²) < 4.78 is 0. The Morgan fingerprint density at radius 3 is 2.62 bits per heavy atom. The normalized spacial score (nSPS) is 21.4. The van der Waals surface area contributed by atoms with Crippen LogP contribution in [0.15, 0.2) is 0 Å². The summed E-state index contributed by atoms with van der Waals surface area (Å²) in [6, 6.07) is 0.655. The smallest absolute Gasteiger partial charge is 0.224 e. The summed E-state index contributed by atoms with van der Waals surface area (Å²) in [5.41, 5.74) is 0. The van der Waals surface area contributed by atoms with Crippen LogP contribution in [0, 0.1) is 5.92 Å². The Balaban J connectivity index is 2.15. The number of rotatable bonds is 4. The van der Waals surface area contributed by atoms with Crippen LogP contribution in [-0.2, 0) is 4.79 Å². The monoisotopic (exact) mass is 184 g/mol. The second-order valence-electron chi connectivity index (χ2n) is 4.14. The number of amides is 1. The molecule has 0 saturated carbocycles. The van der Waals surface area contributed by atoms with E-state index in [0.29, 0.717) is 6.04 Å². The summed E-state index contributed by atoms with van der Waals surface area (Å²) in [4.78, 5) is 13.3. The Hall–Kier alpha value is -0.570. The van der Waals surface area contributed by atoms with Gasteiger partial charge in [0.2, 0.25) is 5.91 Å². The van der Waals surface area contributed by atoms with Crippen molar-refractivity contribution < 1.29 is 4.79 Å². The highest BCUT2D eigenvalue weighted by Crippen LogP contribution is 2.08. The molecular formula is C10H20N2O. The van der Waals surface area contributed by atoms with Gasteiger partial charge in [0.05, 0.1) is 0 Å². The fourth-order valence-electron chi connectivity index (χ4n) is 1.50. The highest BCUT2D eigenvalue weighted by molar-refractivity contribution is 5.77. The average Bonchev–Trinajstić information content (AvgIpc) is 1.99. The van der Waals surface area contributed by atoms with Crippen molar-refractivity contribution in [2.75, 3.05) is 20.1 Å². The van der Waals surface area contributed by atoms with Gasteiger partial charge in [0.15, 0.2) is 0 Å². The standard InChI is InChI=1S/C10H20N2O/c1-8(2)10(13)12(3)7-5-9-4-6-11-9/h8-9,11H,4-7H2,1-3H3. The lowest BCUT2D eigenvalue weighted by Crippen LogP contribution is -2.45. The third-order valence-corrected chi connectivity index (χ3v) is 2.61. The lowest BCUT2D eigenvalue weighted by atomic mass is 10.0. The van der Waals surface area contributed by atoms with Crippen LogP contribution in [0.3, 0.4) is 0 Å². The number of carbonyl (C=O) groups is 1. The molecule has 0 aromatic rings. The van der Waals surface area contributed by atoms with Gasteiger partial charge in [-0.25, -0.2) is 0 Å². The van der Waals surface area contributed by atoms with Gasteiger partial charge in [0.25, 0.3) is 0 Å². The number of nitrogens with one attached hydrogen (secondary N) is 1. The van der Waals surface area contributed by atoms with Crippen LogP contribution in [0.25, 0.3) is 0 Å². The van der Waals surface area contributed by atoms with Crippen molar-refractivity contribution in [3.63, 3.8) is 0 Å². The van der Waals surface area contributed by atoms with Crippen LogP contribution in [-0.4, -0.2) is 37.0 Å². The summed E-state index contributed by atoms with van der Waals surface area (Å²) in [6.45, 7) is 5.92. The van der Waals surface area contributed by atoms with Gasteiger partial charge in [-0.15, -0.1) is 0 Å². The quantitative estimate of drug-likeness (QED) is 0.702. The molecule has 1 fully saturated rings. The maximum Gasteiger partial charge on any atom is 0.224 e. The molecule has 13 heavy (non-hydrogen) atoms. The second kappa shape index (κ2) is 4.61. The van der Waals surface area contributed by atoms with E-state index < -0.39 is 0 Å². The van der Waals surface area contributed by atoms with Crippen LogP contribution in [0.1, 0.15) is 26.7 Å². The predicted octanol–water partition coefficient (Wildman–Crippen LogP) is 0.853. The van der Waals surface area contributed by atoms with Crippen LogP contribution < -0.4 is 5.32 Å². The zero-order valence-electron chi connectivity index (χ0n) is 8.84. The molecule has 1 heterocycles. The Labute approximate surface area is 80.5 Å². The molecule has 0 aromatic heterocycles. The highest BCUT2D eigenvalue weighted by Gasteiger charge is 2.18. The maximum absolute atomic E-state index is 11.5. The number of carbonyl (C=O) groups excluding carboxylic acids is 1. The summed E-state index contributed by atoms with van der Waals surface area (Å²) >= 11 is 0. The Morgan fingerprint density at radius 1 is 1.62 bits per heavy atom. The molecule has 0 aliphatic carbocycles. The molecule has 1 unspecified atom stereocenters. The molecule has 1 rings (SSSR count). The fourth-order valence-corrected chi connectivity index (χ4v) is 1.50. The molecule has 1 saturated heterocycles. The van der Waals surface area contributed by atoms with E-state index in [1.165, 1.54) is 6.42 Å². The van der Waals surface area contributed by atoms with Crippen molar-refractivity contribution in [3.8, 4) is 0 Å². The van der Waals surface area contributed by atoms with Crippen LogP contribution in [0.5, 0.6) is 0 Å². The third-order valence-electron chi connectivity index (χ3n) is 2.61. The first-order chi connectivity index (χ1) is 6.11. The number of hydrogen-bond acceptors (Lipinski definition) is 2. The summed E-state index contributed by atoms with van der Waals surface area (Å²) in [5.74, 6) is 0.374. The molecule has 0 spiro atoms. The summed E-state index contributed by atoms with van der Waals surface area (Å²) in [5, 5.41) is 3.33. The van der Waals surface area contributed by atoms with Crippen molar-refractivity contribution in [2.45, 2.75) is 32.7 Å². The summed E-state index contributed by atoms with van der Waals surface area (Å²) in [7, 11) is 1.89. The minimum Gasteiger partial charge on any atom is -0.345 e. The zero-order valence-corrected chi connectivity index (χ0v) is 8.84. The van der Waals surface area contributed by atoms with Crippen molar-refractivity contribution >= 4 is 5.91 Å². The van der Waals surface area contributed by atoms with Crippen molar-refractivity contribution in [2.24, 2.45) is 5.92 Å². The van der Waals surface area contributed by atoms with Gasteiger partial charge in [0.1, 0.15) is 0 Å². The van der Waals surface area contributed by atoms with Gasteiger partial charge in [-0.2, -0.15) is 0 Å². The lowest BCUT2D eigenvalue weighted by Gasteiger charge is -2.29. The molecule has 0 bridgehead atoms. The molecule has 76 valence electrons. The van der Waals surface area contributed by atoms with Crippen LogP contribution in [0.2, 0.25) is 0 Å². The van der Waals surface area contributed by atoms with Crippen LogP contribution in [0.4, 0.5) is 0 Å². The maximum atomic E-state index is 11.5. The largest absolute Gasteiger partial charge is 0.345 e. The number of nitrogens with zero attached hydrogens (tertiary/aromatic N) is 1. The molecular weight excluding hydrogens is 164 g/mol. The first-order valence-corrected chi connectivity index (χ1v) is 5.09. The van der Waals surface area contributed by atoms with Gasteiger partial charge < -0.3 is 10.2 Å². The molecule has 1 N–H and O–H groups in total. The van der Waals surface area contributed by atoms with Gasteiger partial charge >= 0.3 is 0 Å². The minimum atomic E-state index is 0.124. The van der Waals surface area contributed by atoms with E-state index in [1.807, 2.05) is 25.8 Å². The van der Waals surface area contributed by atoms with Gasteiger partial charge in [0, 0.05) is 25.6 Å². The van der Waals surface area contributed by atoms with E-state index in [2.05, 4.69) is 5.32 Å².